The third-order valence-electron chi connectivity index (χ3n) is 5.34. The van der Waals surface area contributed by atoms with E-state index in [0.29, 0.717) is 11.8 Å². The van der Waals surface area contributed by atoms with Crippen LogP contribution in [0.4, 0.5) is 0 Å². The van der Waals surface area contributed by atoms with E-state index in [1.165, 1.54) is 18.2 Å². The van der Waals surface area contributed by atoms with Gasteiger partial charge in [0.15, 0.2) is 0 Å². The van der Waals surface area contributed by atoms with E-state index in [9.17, 15) is 9.59 Å². The fourth-order valence-corrected chi connectivity index (χ4v) is 3.92. The highest BCUT2D eigenvalue weighted by atomic mass is 16.5. The van der Waals surface area contributed by atoms with Crippen LogP contribution in [-0.2, 0) is 20.9 Å². The Morgan fingerprint density at radius 3 is 2.38 bits per heavy atom. The van der Waals surface area contributed by atoms with Gasteiger partial charge in [0.05, 0.1) is 13.5 Å². The maximum Gasteiger partial charge on any atom is 0.306 e. The predicted octanol–water partition coefficient (Wildman–Crippen LogP) is 1.84. The molecule has 130 valence electrons. The molecule has 2 saturated heterocycles. The molecule has 0 N–H and O–H groups in total. The number of ether oxygens (including phenoxy) is 1. The van der Waals surface area contributed by atoms with Crippen molar-refractivity contribution in [1.29, 1.82) is 0 Å². The number of amides is 1. The van der Waals surface area contributed by atoms with Gasteiger partial charge in [-0.3, -0.25) is 14.5 Å². The smallest absolute Gasteiger partial charge is 0.306 e. The first-order valence-electron chi connectivity index (χ1n) is 8.68. The molecule has 2 heterocycles. The van der Waals surface area contributed by atoms with E-state index in [4.69, 9.17) is 0 Å². The number of carbonyl (C=O) groups is 2. The summed E-state index contributed by atoms with van der Waals surface area (Å²) in [5, 5.41) is 0. The summed E-state index contributed by atoms with van der Waals surface area (Å²) >= 11 is 0. The Labute approximate surface area is 143 Å². The molecule has 5 heteroatoms. The summed E-state index contributed by atoms with van der Waals surface area (Å²) in [6, 6.07) is 8.54. The molecule has 3 rings (SSSR count). The molecule has 2 aliphatic heterocycles. The van der Waals surface area contributed by atoms with Crippen LogP contribution >= 0.6 is 0 Å². The molecule has 1 amide bonds. The molecule has 0 aliphatic carbocycles. The number of rotatable bonds is 5. The lowest BCUT2D eigenvalue weighted by Gasteiger charge is -2.22. The minimum atomic E-state index is -0.313. The number of aryl methyl sites for hydroxylation is 1. The molecule has 0 unspecified atom stereocenters. The quantitative estimate of drug-likeness (QED) is 0.773. The number of benzene rings is 1. The Bertz CT molecular complexity index is 602. The molecule has 2 atom stereocenters. The van der Waals surface area contributed by atoms with E-state index < -0.39 is 0 Å². The number of methoxy groups -OCH3 is 1. The Balaban J connectivity index is 1.48. The van der Waals surface area contributed by atoms with Crippen LogP contribution in [0.2, 0.25) is 0 Å². The normalized spacial score (nSPS) is 23.3. The zero-order valence-corrected chi connectivity index (χ0v) is 14.5. The number of nitrogens with zero attached hydrogens (tertiary/aromatic N) is 2. The van der Waals surface area contributed by atoms with Crippen LogP contribution in [0.1, 0.15) is 24.0 Å². The molecule has 1 aromatic carbocycles. The lowest BCUT2D eigenvalue weighted by Crippen LogP contribution is -2.33. The second-order valence-corrected chi connectivity index (χ2v) is 7.02. The van der Waals surface area contributed by atoms with Gasteiger partial charge < -0.3 is 9.64 Å². The zero-order valence-electron chi connectivity index (χ0n) is 14.5. The number of fused-ring (bicyclic) bond motifs is 1. The van der Waals surface area contributed by atoms with Gasteiger partial charge in [-0.15, -0.1) is 0 Å². The average Bonchev–Trinajstić information content (AvgIpc) is 3.12. The van der Waals surface area contributed by atoms with Crippen LogP contribution in [0, 0.1) is 18.8 Å². The Kier molecular flexibility index (Phi) is 5.19. The van der Waals surface area contributed by atoms with E-state index in [1.807, 2.05) is 4.90 Å². The molecule has 0 aromatic heterocycles. The largest absolute Gasteiger partial charge is 0.469 e. The number of hydrogen-bond acceptors (Lipinski definition) is 4. The maximum absolute atomic E-state index is 12.2. The number of esters is 1. The first-order valence-corrected chi connectivity index (χ1v) is 8.68. The van der Waals surface area contributed by atoms with Crippen LogP contribution < -0.4 is 0 Å². The van der Waals surface area contributed by atoms with E-state index in [0.717, 1.165) is 32.7 Å². The predicted molar refractivity (Wildman–Crippen MR) is 91.3 cm³/mol. The average molecular weight is 330 g/mol. The summed E-state index contributed by atoms with van der Waals surface area (Å²) < 4.78 is 4.60. The standard InChI is InChI=1S/C19H26N2O3/c1-14-5-3-4-6-15(14)9-20-10-16-12-21(13-17(16)11-20)18(22)7-8-19(23)24-2/h3-6,16-17H,7-13H2,1-2H3/t16-,17-/m0/s1. The molecular weight excluding hydrogens is 304 g/mol. The van der Waals surface area contributed by atoms with Crippen LogP contribution in [-0.4, -0.2) is 55.0 Å². The van der Waals surface area contributed by atoms with Crippen molar-refractivity contribution in [3.8, 4) is 0 Å². The summed E-state index contributed by atoms with van der Waals surface area (Å²) in [6.07, 6.45) is 0.444. The Morgan fingerprint density at radius 1 is 1.08 bits per heavy atom. The summed E-state index contributed by atoms with van der Waals surface area (Å²) in [5.41, 5.74) is 2.73. The topological polar surface area (TPSA) is 49.9 Å². The number of carbonyl (C=O) groups excluding carboxylic acids is 2. The third kappa shape index (κ3) is 3.78. The van der Waals surface area contributed by atoms with Gasteiger partial charge in [0.2, 0.25) is 5.91 Å². The molecule has 0 radical (unpaired) electrons. The van der Waals surface area contributed by atoms with Crippen molar-refractivity contribution in [3.05, 3.63) is 35.4 Å². The van der Waals surface area contributed by atoms with Gasteiger partial charge in [-0.2, -0.15) is 0 Å². The fourth-order valence-electron chi connectivity index (χ4n) is 3.92. The van der Waals surface area contributed by atoms with Gasteiger partial charge in [0.1, 0.15) is 0 Å². The fraction of sp³-hybridized carbons (Fsp3) is 0.579. The molecule has 2 aliphatic rings. The Hall–Kier alpha value is -1.88. The molecule has 24 heavy (non-hydrogen) atoms. The van der Waals surface area contributed by atoms with E-state index in [1.54, 1.807) is 0 Å². The first kappa shape index (κ1) is 17.0. The summed E-state index contributed by atoms with van der Waals surface area (Å²) in [4.78, 5) is 27.8. The van der Waals surface area contributed by atoms with Gasteiger partial charge in [-0.25, -0.2) is 0 Å². The summed E-state index contributed by atoms with van der Waals surface area (Å²) in [7, 11) is 1.36. The lowest BCUT2D eigenvalue weighted by atomic mass is 10.0. The zero-order chi connectivity index (χ0) is 17.1. The number of hydrogen-bond donors (Lipinski definition) is 0. The van der Waals surface area contributed by atoms with Crippen molar-refractivity contribution in [2.75, 3.05) is 33.3 Å². The molecular formula is C19H26N2O3. The van der Waals surface area contributed by atoms with Gasteiger partial charge in [-0.05, 0) is 29.9 Å². The minimum absolute atomic E-state index is 0.0836. The SMILES string of the molecule is COC(=O)CCC(=O)N1C[C@@H]2CN(Cc3ccccc3C)C[C@H]2C1. The van der Waals surface area contributed by atoms with Gasteiger partial charge in [0, 0.05) is 39.1 Å². The summed E-state index contributed by atoms with van der Waals surface area (Å²) in [6.45, 7) is 6.92. The minimum Gasteiger partial charge on any atom is -0.469 e. The van der Waals surface area contributed by atoms with E-state index in [2.05, 4.69) is 40.8 Å². The van der Waals surface area contributed by atoms with Crippen molar-refractivity contribution in [2.45, 2.75) is 26.3 Å². The van der Waals surface area contributed by atoms with Crippen molar-refractivity contribution >= 4 is 11.9 Å². The Morgan fingerprint density at radius 2 is 1.75 bits per heavy atom. The van der Waals surface area contributed by atoms with Crippen LogP contribution in [0.5, 0.6) is 0 Å². The molecule has 5 nitrogen and oxygen atoms in total. The number of likely N-dealkylation sites (tertiary alicyclic amines) is 2. The molecule has 0 saturated carbocycles. The van der Waals surface area contributed by atoms with Crippen LogP contribution in [0.15, 0.2) is 24.3 Å². The van der Waals surface area contributed by atoms with Crippen LogP contribution in [0.25, 0.3) is 0 Å². The van der Waals surface area contributed by atoms with Crippen molar-refractivity contribution in [1.82, 2.24) is 9.80 Å². The van der Waals surface area contributed by atoms with Crippen molar-refractivity contribution < 1.29 is 14.3 Å². The molecule has 0 spiro atoms. The highest BCUT2D eigenvalue weighted by Crippen LogP contribution is 2.32. The highest BCUT2D eigenvalue weighted by Gasteiger charge is 2.41. The second kappa shape index (κ2) is 7.34. The monoisotopic (exact) mass is 330 g/mol. The van der Waals surface area contributed by atoms with Crippen molar-refractivity contribution in [2.24, 2.45) is 11.8 Å². The van der Waals surface area contributed by atoms with Crippen molar-refractivity contribution in [3.63, 3.8) is 0 Å². The van der Waals surface area contributed by atoms with E-state index >= 15 is 0 Å². The molecule has 0 bridgehead atoms. The molecule has 1 aromatic rings. The first-order chi connectivity index (χ1) is 11.6. The lowest BCUT2D eigenvalue weighted by molar-refractivity contribution is -0.143. The van der Waals surface area contributed by atoms with Gasteiger partial charge in [0.25, 0.3) is 0 Å². The van der Waals surface area contributed by atoms with Gasteiger partial charge in [-0.1, -0.05) is 24.3 Å². The highest BCUT2D eigenvalue weighted by molar-refractivity contribution is 5.81. The summed E-state index contributed by atoms with van der Waals surface area (Å²) in [5.74, 6) is 0.902. The van der Waals surface area contributed by atoms with Gasteiger partial charge >= 0.3 is 5.97 Å². The second-order valence-electron chi connectivity index (χ2n) is 7.02. The maximum atomic E-state index is 12.2. The van der Waals surface area contributed by atoms with E-state index in [-0.39, 0.29) is 24.7 Å². The molecule has 2 fully saturated rings. The third-order valence-corrected chi connectivity index (χ3v) is 5.34. The van der Waals surface area contributed by atoms with Crippen LogP contribution in [0.3, 0.4) is 0 Å².